The lowest BCUT2D eigenvalue weighted by Crippen LogP contribution is -2.41. The van der Waals surface area contributed by atoms with E-state index in [4.69, 9.17) is 16.7 Å². The number of anilines is 1. The third-order valence-electron chi connectivity index (χ3n) is 3.55. The monoisotopic (exact) mass is 381 g/mol. The summed E-state index contributed by atoms with van der Waals surface area (Å²) in [5.74, 6) is -1.27. The highest BCUT2D eigenvalue weighted by atomic mass is 35.5. The molecule has 0 saturated heterocycles. The van der Waals surface area contributed by atoms with Gasteiger partial charge in [-0.3, -0.25) is 14.9 Å². The number of nitrogens with zero attached hydrogens (tertiary/aromatic N) is 1. The van der Waals surface area contributed by atoms with Crippen LogP contribution in [0.4, 0.5) is 5.13 Å². The van der Waals surface area contributed by atoms with Crippen LogP contribution in [0.1, 0.15) is 24.6 Å². The van der Waals surface area contributed by atoms with Gasteiger partial charge >= 0.3 is 5.97 Å². The highest BCUT2D eigenvalue weighted by Crippen LogP contribution is 2.30. The van der Waals surface area contributed by atoms with Crippen molar-refractivity contribution in [3.8, 4) is 11.3 Å². The van der Waals surface area contributed by atoms with Crippen LogP contribution in [-0.2, 0) is 9.59 Å². The highest BCUT2D eigenvalue weighted by Gasteiger charge is 2.17. The predicted octanol–water partition coefficient (Wildman–Crippen LogP) is 3.55. The van der Waals surface area contributed by atoms with E-state index in [0.29, 0.717) is 16.6 Å². The fourth-order valence-electron chi connectivity index (χ4n) is 2.31. The first-order valence-corrected chi connectivity index (χ1v) is 9.09. The number of aliphatic carboxylic acids is 1. The van der Waals surface area contributed by atoms with E-state index in [1.165, 1.54) is 11.3 Å². The van der Waals surface area contributed by atoms with Gasteiger partial charge in [-0.25, -0.2) is 4.98 Å². The number of thiazole rings is 1. The molecule has 3 N–H and O–H groups in total. The Morgan fingerprint density at radius 2 is 2.00 bits per heavy atom. The van der Waals surface area contributed by atoms with Gasteiger partial charge in [0.25, 0.3) is 0 Å². The van der Waals surface area contributed by atoms with E-state index < -0.39 is 12.0 Å². The lowest BCUT2D eigenvalue weighted by atomic mass is 10.1. The summed E-state index contributed by atoms with van der Waals surface area (Å²) < 4.78 is 0. The normalized spacial score (nSPS) is 12.0. The number of hydrogen-bond donors (Lipinski definition) is 3. The number of carboxylic acids is 1. The van der Waals surface area contributed by atoms with E-state index in [1.807, 2.05) is 26.0 Å². The van der Waals surface area contributed by atoms with Crippen LogP contribution in [-0.4, -0.2) is 34.6 Å². The van der Waals surface area contributed by atoms with Gasteiger partial charge in [-0.2, -0.15) is 0 Å². The molecule has 0 fully saturated rings. The van der Waals surface area contributed by atoms with E-state index in [-0.39, 0.29) is 12.5 Å². The minimum absolute atomic E-state index is 0.0775. The van der Waals surface area contributed by atoms with E-state index >= 15 is 0 Å². The number of carbonyl (C=O) groups excluding carboxylic acids is 1. The maximum absolute atomic E-state index is 12.0. The SMILES string of the molecule is CCCC(NCC(=O)Nc1nc(-c2ccc(Cl)cc2)c(C)s1)C(=O)O. The van der Waals surface area contributed by atoms with Gasteiger partial charge in [0.2, 0.25) is 5.91 Å². The second kappa shape index (κ2) is 8.94. The van der Waals surface area contributed by atoms with Crippen molar-refractivity contribution >= 4 is 39.9 Å². The summed E-state index contributed by atoms with van der Waals surface area (Å²) in [6.45, 7) is 3.75. The zero-order chi connectivity index (χ0) is 18.4. The van der Waals surface area contributed by atoms with Crippen LogP contribution in [0.25, 0.3) is 11.3 Å². The molecule has 0 bridgehead atoms. The van der Waals surface area contributed by atoms with Crippen molar-refractivity contribution in [1.82, 2.24) is 10.3 Å². The number of halogens is 1. The molecule has 0 spiro atoms. The van der Waals surface area contributed by atoms with Crippen molar-refractivity contribution in [3.05, 3.63) is 34.2 Å². The van der Waals surface area contributed by atoms with Crippen molar-refractivity contribution in [2.45, 2.75) is 32.7 Å². The third-order valence-corrected chi connectivity index (χ3v) is 4.68. The summed E-state index contributed by atoms with van der Waals surface area (Å²) in [7, 11) is 0. The van der Waals surface area contributed by atoms with Gasteiger partial charge < -0.3 is 10.4 Å². The first-order valence-electron chi connectivity index (χ1n) is 7.90. The Labute approximate surface area is 155 Å². The van der Waals surface area contributed by atoms with E-state index in [0.717, 1.165) is 22.6 Å². The molecule has 1 aromatic heterocycles. The van der Waals surface area contributed by atoms with Crippen LogP contribution in [0.15, 0.2) is 24.3 Å². The molecule has 2 aromatic rings. The smallest absolute Gasteiger partial charge is 0.320 e. The average molecular weight is 382 g/mol. The molecule has 0 radical (unpaired) electrons. The lowest BCUT2D eigenvalue weighted by Gasteiger charge is -2.12. The summed E-state index contributed by atoms with van der Waals surface area (Å²) >= 11 is 7.27. The number of aromatic nitrogens is 1. The Bertz CT molecular complexity index is 746. The molecule has 1 heterocycles. The molecular weight excluding hydrogens is 362 g/mol. The third kappa shape index (κ3) is 5.52. The van der Waals surface area contributed by atoms with Crippen LogP contribution in [0.5, 0.6) is 0 Å². The number of nitrogens with one attached hydrogen (secondary N) is 2. The molecule has 8 heteroatoms. The molecule has 0 aliphatic heterocycles. The van der Waals surface area contributed by atoms with Crippen LogP contribution in [0, 0.1) is 6.92 Å². The van der Waals surface area contributed by atoms with E-state index in [2.05, 4.69) is 15.6 Å². The van der Waals surface area contributed by atoms with Gasteiger partial charge in [-0.15, -0.1) is 11.3 Å². The Balaban J connectivity index is 1.98. The van der Waals surface area contributed by atoms with Crippen molar-refractivity contribution in [1.29, 1.82) is 0 Å². The van der Waals surface area contributed by atoms with Crippen LogP contribution < -0.4 is 10.6 Å². The molecule has 1 atom stereocenters. The van der Waals surface area contributed by atoms with Crippen LogP contribution >= 0.6 is 22.9 Å². The number of amides is 1. The molecule has 0 aliphatic carbocycles. The molecule has 6 nitrogen and oxygen atoms in total. The van der Waals surface area contributed by atoms with Crippen LogP contribution in [0.3, 0.4) is 0 Å². The Morgan fingerprint density at radius 1 is 1.32 bits per heavy atom. The Hall–Kier alpha value is -1.96. The first kappa shape index (κ1) is 19.4. The van der Waals surface area contributed by atoms with Crippen molar-refractivity contribution in [3.63, 3.8) is 0 Å². The second-order valence-corrected chi connectivity index (χ2v) is 7.18. The highest BCUT2D eigenvalue weighted by molar-refractivity contribution is 7.16. The number of hydrogen-bond acceptors (Lipinski definition) is 5. The lowest BCUT2D eigenvalue weighted by molar-refractivity contribution is -0.139. The maximum Gasteiger partial charge on any atom is 0.320 e. The van der Waals surface area contributed by atoms with Crippen molar-refractivity contribution in [2.24, 2.45) is 0 Å². The fraction of sp³-hybridized carbons (Fsp3) is 0.353. The predicted molar refractivity (Wildman–Crippen MR) is 100 cm³/mol. The maximum atomic E-state index is 12.0. The quantitative estimate of drug-likeness (QED) is 0.650. The second-order valence-electron chi connectivity index (χ2n) is 5.54. The van der Waals surface area contributed by atoms with Gasteiger partial charge in [0.1, 0.15) is 6.04 Å². The standard InChI is InChI=1S/C17H20ClN3O3S/c1-3-4-13(16(23)24)19-9-14(22)20-17-21-15(10(2)25-17)11-5-7-12(18)8-6-11/h5-8,13,19H,3-4,9H2,1-2H3,(H,23,24)(H,20,21,22). The largest absolute Gasteiger partial charge is 0.480 e. The molecule has 1 amide bonds. The topological polar surface area (TPSA) is 91.3 Å². The molecule has 0 saturated carbocycles. The molecule has 25 heavy (non-hydrogen) atoms. The minimum atomic E-state index is -0.954. The number of aryl methyl sites for hydroxylation is 1. The minimum Gasteiger partial charge on any atom is -0.480 e. The summed E-state index contributed by atoms with van der Waals surface area (Å²) in [4.78, 5) is 28.5. The first-order chi connectivity index (χ1) is 11.9. The van der Waals surface area contributed by atoms with Crippen LogP contribution in [0.2, 0.25) is 5.02 Å². The summed E-state index contributed by atoms with van der Waals surface area (Å²) in [5.41, 5.74) is 1.71. The molecule has 1 unspecified atom stereocenters. The van der Waals surface area contributed by atoms with E-state index in [9.17, 15) is 9.59 Å². The molecule has 134 valence electrons. The average Bonchev–Trinajstić information content (AvgIpc) is 2.92. The van der Waals surface area contributed by atoms with E-state index in [1.54, 1.807) is 12.1 Å². The number of benzene rings is 1. The molecular formula is C17H20ClN3O3S. The number of carbonyl (C=O) groups is 2. The molecule has 1 aromatic carbocycles. The summed E-state index contributed by atoms with van der Waals surface area (Å²) in [5, 5.41) is 15.7. The molecule has 0 aliphatic rings. The summed E-state index contributed by atoms with van der Waals surface area (Å²) in [6.07, 6.45) is 1.20. The number of rotatable bonds is 8. The van der Waals surface area contributed by atoms with Gasteiger partial charge in [-0.1, -0.05) is 37.1 Å². The Morgan fingerprint density at radius 3 is 2.60 bits per heavy atom. The zero-order valence-corrected chi connectivity index (χ0v) is 15.6. The number of carboxylic acid groups (broad SMARTS) is 1. The van der Waals surface area contributed by atoms with Crippen molar-refractivity contribution < 1.29 is 14.7 Å². The van der Waals surface area contributed by atoms with Gasteiger partial charge in [0.15, 0.2) is 5.13 Å². The summed E-state index contributed by atoms with van der Waals surface area (Å²) in [6, 6.07) is 6.60. The molecule has 2 rings (SSSR count). The Kier molecular flexibility index (Phi) is 6.92. The fourth-order valence-corrected chi connectivity index (χ4v) is 3.28. The van der Waals surface area contributed by atoms with Gasteiger partial charge in [0.05, 0.1) is 12.2 Å². The van der Waals surface area contributed by atoms with Gasteiger partial charge in [0, 0.05) is 15.5 Å². The van der Waals surface area contributed by atoms with Crippen molar-refractivity contribution in [2.75, 3.05) is 11.9 Å². The zero-order valence-electron chi connectivity index (χ0n) is 14.0. The van der Waals surface area contributed by atoms with Gasteiger partial charge in [-0.05, 0) is 25.5 Å².